The number of nitriles is 1. The maximum atomic E-state index is 9.30. The van der Waals surface area contributed by atoms with Gasteiger partial charge in [-0.15, -0.1) is 0 Å². The van der Waals surface area contributed by atoms with Crippen molar-refractivity contribution in [1.29, 1.82) is 5.26 Å². The number of pyridine rings is 1. The molecule has 0 radical (unpaired) electrons. The summed E-state index contributed by atoms with van der Waals surface area (Å²) in [6.45, 7) is 0. The Morgan fingerprint density at radius 1 is 1.25 bits per heavy atom. The average Bonchev–Trinajstić information content (AvgIpc) is 3.05. The van der Waals surface area contributed by atoms with Crippen molar-refractivity contribution in [2.24, 2.45) is 0 Å². The molecule has 0 saturated heterocycles. The van der Waals surface area contributed by atoms with E-state index in [1.54, 1.807) is 6.20 Å². The third kappa shape index (κ3) is 2.82. The second-order valence-corrected chi connectivity index (χ2v) is 7.13. The fourth-order valence-corrected chi connectivity index (χ4v) is 3.74. The van der Waals surface area contributed by atoms with Crippen molar-refractivity contribution < 1.29 is 4.42 Å². The third-order valence-corrected chi connectivity index (χ3v) is 5.03. The zero-order valence-corrected chi connectivity index (χ0v) is 15.0. The van der Waals surface area contributed by atoms with Crippen LogP contribution in [0.2, 0.25) is 0 Å². The van der Waals surface area contributed by atoms with E-state index in [0.29, 0.717) is 11.5 Å². The van der Waals surface area contributed by atoms with Crippen LogP contribution in [0.3, 0.4) is 0 Å². The molecule has 4 nitrogen and oxygen atoms in total. The Balaban J connectivity index is 1.66. The molecule has 24 heavy (non-hydrogen) atoms. The van der Waals surface area contributed by atoms with Crippen molar-refractivity contribution >= 4 is 22.6 Å². The summed E-state index contributed by atoms with van der Waals surface area (Å²) in [5, 5.41) is 9.30. The van der Waals surface area contributed by atoms with E-state index in [0.717, 1.165) is 45.5 Å². The molecular weight excluding hydrogens is 413 g/mol. The van der Waals surface area contributed by atoms with Crippen LogP contribution in [0.15, 0.2) is 47.0 Å². The highest BCUT2D eigenvalue weighted by Crippen LogP contribution is 2.35. The van der Waals surface area contributed by atoms with Crippen LogP contribution in [0.1, 0.15) is 35.1 Å². The van der Waals surface area contributed by atoms with Crippen LogP contribution in [-0.4, -0.2) is 9.97 Å². The van der Waals surface area contributed by atoms with Crippen molar-refractivity contribution in [1.82, 2.24) is 9.97 Å². The van der Waals surface area contributed by atoms with Gasteiger partial charge < -0.3 is 4.42 Å². The van der Waals surface area contributed by atoms with Crippen molar-refractivity contribution in [3.05, 3.63) is 68.9 Å². The summed E-state index contributed by atoms with van der Waals surface area (Å²) in [6.07, 6.45) is 4.29. The normalized spacial score (nSPS) is 16.4. The number of aromatic nitrogens is 2. The number of nitrogens with zero attached hydrogens (tertiary/aromatic N) is 3. The monoisotopic (exact) mass is 427 g/mol. The first-order chi connectivity index (χ1) is 11.7. The Morgan fingerprint density at radius 2 is 2.17 bits per heavy atom. The van der Waals surface area contributed by atoms with E-state index >= 15 is 0 Å². The van der Waals surface area contributed by atoms with E-state index in [2.05, 4.69) is 39.7 Å². The maximum absolute atomic E-state index is 9.30. The summed E-state index contributed by atoms with van der Waals surface area (Å²) < 4.78 is 7.15. The smallest absolute Gasteiger partial charge is 0.226 e. The predicted molar refractivity (Wildman–Crippen MR) is 98.4 cm³/mol. The highest BCUT2D eigenvalue weighted by Gasteiger charge is 2.27. The van der Waals surface area contributed by atoms with Crippen molar-refractivity contribution in [2.75, 3.05) is 0 Å². The summed E-state index contributed by atoms with van der Waals surface area (Å²) in [5.74, 6) is 1.87. The van der Waals surface area contributed by atoms with Crippen LogP contribution < -0.4 is 0 Å². The van der Waals surface area contributed by atoms with Gasteiger partial charge in [0.1, 0.15) is 11.8 Å². The lowest BCUT2D eigenvalue weighted by Gasteiger charge is -2.20. The number of aryl methyl sites for hydroxylation is 1. The fourth-order valence-electron chi connectivity index (χ4n) is 3.19. The summed E-state index contributed by atoms with van der Waals surface area (Å²) >= 11 is 2.29. The minimum atomic E-state index is 0.224. The van der Waals surface area contributed by atoms with Gasteiger partial charge in [-0.2, -0.15) is 5.26 Å². The number of hydrogen-bond donors (Lipinski definition) is 0. The van der Waals surface area contributed by atoms with E-state index in [1.807, 2.05) is 30.3 Å². The molecule has 4 rings (SSSR count). The molecule has 0 N–H and O–H groups in total. The minimum Gasteiger partial charge on any atom is -0.441 e. The molecular formula is C19H14IN3O. The van der Waals surface area contributed by atoms with Crippen LogP contribution in [-0.2, 0) is 12.8 Å². The number of hydrogen-bond acceptors (Lipinski definition) is 4. The van der Waals surface area contributed by atoms with E-state index in [4.69, 9.17) is 9.40 Å². The summed E-state index contributed by atoms with van der Waals surface area (Å²) in [7, 11) is 0. The van der Waals surface area contributed by atoms with Crippen LogP contribution in [0.4, 0.5) is 0 Å². The van der Waals surface area contributed by atoms with Gasteiger partial charge in [0.05, 0.1) is 17.0 Å². The quantitative estimate of drug-likeness (QED) is 0.566. The standard InChI is InChI=1S/C19H14IN3O/c20-15-5-1-3-13(9-15)19-23-16-10-12(6-7-17(16)24-19)18-14(11-21)4-2-8-22-18/h1-5,8-9,12H,6-7,10H2. The van der Waals surface area contributed by atoms with E-state index in [9.17, 15) is 5.26 Å². The molecule has 0 fully saturated rings. The van der Waals surface area contributed by atoms with Crippen LogP contribution in [0, 0.1) is 14.9 Å². The Hall–Kier alpha value is -2.20. The summed E-state index contributed by atoms with van der Waals surface area (Å²) in [6, 6.07) is 14.0. The second-order valence-electron chi connectivity index (χ2n) is 5.89. The van der Waals surface area contributed by atoms with Crippen LogP contribution in [0.5, 0.6) is 0 Å². The summed E-state index contributed by atoms with van der Waals surface area (Å²) in [4.78, 5) is 9.15. The lowest BCUT2D eigenvalue weighted by atomic mass is 9.86. The molecule has 0 amide bonds. The first kappa shape index (κ1) is 15.3. The number of benzene rings is 1. The first-order valence-electron chi connectivity index (χ1n) is 7.84. The number of rotatable bonds is 2. The Morgan fingerprint density at radius 3 is 3.00 bits per heavy atom. The van der Waals surface area contributed by atoms with Gasteiger partial charge in [0, 0.05) is 34.1 Å². The van der Waals surface area contributed by atoms with Crippen LogP contribution >= 0.6 is 22.6 Å². The highest BCUT2D eigenvalue weighted by molar-refractivity contribution is 14.1. The van der Waals surface area contributed by atoms with Crippen molar-refractivity contribution in [3.63, 3.8) is 0 Å². The molecule has 1 aromatic carbocycles. The van der Waals surface area contributed by atoms with Gasteiger partial charge in [0.15, 0.2) is 0 Å². The Labute approximate surface area is 153 Å². The molecule has 0 aliphatic heterocycles. The number of halogens is 1. The van der Waals surface area contributed by atoms with Gasteiger partial charge in [0.25, 0.3) is 0 Å². The molecule has 1 aliphatic rings. The van der Waals surface area contributed by atoms with Crippen molar-refractivity contribution in [3.8, 4) is 17.5 Å². The third-order valence-electron chi connectivity index (χ3n) is 4.36. The first-order valence-corrected chi connectivity index (χ1v) is 8.92. The molecule has 118 valence electrons. The molecule has 1 unspecified atom stereocenters. The van der Waals surface area contributed by atoms with Gasteiger partial charge in [-0.3, -0.25) is 4.98 Å². The molecule has 5 heteroatoms. The maximum Gasteiger partial charge on any atom is 0.226 e. The average molecular weight is 427 g/mol. The lowest BCUT2D eigenvalue weighted by Crippen LogP contribution is -2.14. The largest absolute Gasteiger partial charge is 0.441 e. The topological polar surface area (TPSA) is 62.7 Å². The lowest BCUT2D eigenvalue weighted by molar-refractivity contribution is 0.461. The zero-order valence-electron chi connectivity index (χ0n) is 12.9. The Bertz CT molecular complexity index is 942. The van der Waals surface area contributed by atoms with E-state index in [1.165, 1.54) is 0 Å². The molecule has 2 heterocycles. The molecule has 0 saturated carbocycles. The van der Waals surface area contributed by atoms with Gasteiger partial charge in [-0.1, -0.05) is 6.07 Å². The second kappa shape index (κ2) is 6.36. The van der Waals surface area contributed by atoms with Gasteiger partial charge >= 0.3 is 0 Å². The molecule has 2 aromatic heterocycles. The zero-order chi connectivity index (χ0) is 16.5. The van der Waals surface area contributed by atoms with Gasteiger partial charge in [-0.05, 0) is 59.3 Å². The molecule has 3 aromatic rings. The number of fused-ring (bicyclic) bond motifs is 1. The molecule has 1 atom stereocenters. The van der Waals surface area contributed by atoms with E-state index < -0.39 is 0 Å². The Kier molecular flexibility index (Phi) is 4.07. The predicted octanol–water partition coefficient (Wildman–Crippen LogP) is 4.49. The molecule has 1 aliphatic carbocycles. The fraction of sp³-hybridized carbons (Fsp3) is 0.211. The molecule has 0 spiro atoms. The molecule has 0 bridgehead atoms. The highest BCUT2D eigenvalue weighted by atomic mass is 127. The van der Waals surface area contributed by atoms with Gasteiger partial charge in [0.2, 0.25) is 5.89 Å². The van der Waals surface area contributed by atoms with Crippen molar-refractivity contribution in [2.45, 2.75) is 25.2 Å². The van der Waals surface area contributed by atoms with E-state index in [-0.39, 0.29) is 5.92 Å². The minimum absolute atomic E-state index is 0.224. The number of oxazole rings is 1. The SMILES string of the molecule is N#Cc1cccnc1C1CCc2oc(-c3cccc(I)c3)nc2C1. The summed E-state index contributed by atoms with van der Waals surface area (Å²) in [5.41, 5.74) is 3.54. The van der Waals surface area contributed by atoms with Crippen LogP contribution in [0.25, 0.3) is 11.5 Å². The van der Waals surface area contributed by atoms with Gasteiger partial charge in [-0.25, -0.2) is 4.98 Å².